The summed E-state index contributed by atoms with van der Waals surface area (Å²) < 4.78 is 232. The molecule has 1 heterocycles. The molecule has 272 valence electrons. The van der Waals surface area contributed by atoms with Gasteiger partial charge in [-0.05, 0) is 5.92 Å². The molecule has 0 aliphatic rings. The Labute approximate surface area is 264 Å². The van der Waals surface area contributed by atoms with Gasteiger partial charge in [0, 0.05) is 16.4 Å². The minimum absolute atomic E-state index is 0.0611. The van der Waals surface area contributed by atoms with Crippen molar-refractivity contribution in [2.45, 2.75) is 91.0 Å². The van der Waals surface area contributed by atoms with Crippen molar-refractivity contribution in [3.8, 4) is 0 Å². The number of nitrogens with zero attached hydrogens (tertiary/aromatic N) is 3. The molecule has 1 atom stereocenters. The highest BCUT2D eigenvalue weighted by Gasteiger charge is 2.95. The summed E-state index contributed by atoms with van der Waals surface area (Å²) in [5, 5.41) is 0. The van der Waals surface area contributed by atoms with Crippen molar-refractivity contribution >= 4 is 22.6 Å². The van der Waals surface area contributed by atoms with Crippen molar-refractivity contribution in [1.82, 2.24) is 13.7 Å². The van der Waals surface area contributed by atoms with E-state index in [1.54, 1.807) is 0 Å². The molecule has 0 radical (unpaired) electrons. The van der Waals surface area contributed by atoms with Crippen LogP contribution >= 0.6 is 22.6 Å². The summed E-state index contributed by atoms with van der Waals surface area (Å²) >= 11 is 1.14. The lowest BCUT2D eigenvalue weighted by atomic mass is 9.83. The van der Waals surface area contributed by atoms with Gasteiger partial charge in [-0.1, -0.05) is 48.6 Å². The predicted octanol–water partition coefficient (Wildman–Crippen LogP) is 6.77. The van der Waals surface area contributed by atoms with Gasteiger partial charge in [0.1, 0.15) is 0 Å². The summed E-state index contributed by atoms with van der Waals surface area (Å²) in [4.78, 5) is 38.1. The molecule has 0 aliphatic heterocycles. The van der Waals surface area contributed by atoms with Gasteiger partial charge in [0.2, 0.25) is 0 Å². The summed E-state index contributed by atoms with van der Waals surface area (Å²) in [5.41, 5.74) is -4.61. The normalized spacial score (nSPS) is 15.5. The third-order valence-electron chi connectivity index (χ3n) is 6.67. The molecule has 0 N–H and O–H groups in total. The van der Waals surface area contributed by atoms with E-state index < -0.39 is 100 Å². The van der Waals surface area contributed by atoms with Crippen molar-refractivity contribution in [1.29, 1.82) is 0 Å². The molecule has 0 spiro atoms. The molecule has 47 heavy (non-hydrogen) atoms. The number of aromatic nitrogens is 3. The van der Waals surface area contributed by atoms with Crippen molar-refractivity contribution in [2.24, 2.45) is 5.92 Å². The van der Waals surface area contributed by atoms with E-state index in [4.69, 9.17) is 0 Å². The van der Waals surface area contributed by atoms with E-state index in [0.29, 0.717) is 0 Å². The van der Waals surface area contributed by atoms with E-state index in [-0.39, 0.29) is 13.7 Å². The van der Waals surface area contributed by atoms with Crippen LogP contribution in [0.4, 0.5) is 74.6 Å². The van der Waals surface area contributed by atoms with Crippen molar-refractivity contribution in [2.75, 3.05) is 0 Å². The third-order valence-corrected chi connectivity index (χ3v) is 7.55. The number of rotatable bonds is 15. The van der Waals surface area contributed by atoms with Crippen LogP contribution in [-0.2, 0) is 19.6 Å². The number of hydrogen-bond acceptors (Lipinski definition) is 3. The van der Waals surface area contributed by atoms with Crippen LogP contribution in [0.15, 0.2) is 39.7 Å². The standard InChI is InChI=1S/C23H21F17IN3O3/c1-5-7-42-12(45)43(8-6-2)14(47)44(13(42)46)10-11(15(3,4)41)9-16(24,25)17(26,27)18(28,29)19(30,31)20(32,33)21(34,35)22(36,37)23(38,39)40/h5-6,11H,1-2,7-10H2,3-4H3. The lowest BCUT2D eigenvalue weighted by molar-refractivity contribution is -0.462. The van der Waals surface area contributed by atoms with Gasteiger partial charge in [0.05, 0.1) is 13.1 Å². The lowest BCUT2D eigenvalue weighted by Gasteiger charge is -2.43. The molecule has 24 heteroatoms. The zero-order valence-corrected chi connectivity index (χ0v) is 25.5. The largest absolute Gasteiger partial charge is 0.460 e. The zero-order chi connectivity index (χ0) is 37.8. The van der Waals surface area contributed by atoms with Gasteiger partial charge in [0.25, 0.3) is 0 Å². The average molecular weight is 837 g/mol. The maximum absolute atomic E-state index is 14.9. The van der Waals surface area contributed by atoms with E-state index in [1.807, 2.05) is 0 Å². The first-order valence-corrected chi connectivity index (χ1v) is 13.2. The second-order valence-corrected chi connectivity index (χ2v) is 13.2. The summed E-state index contributed by atoms with van der Waals surface area (Å²) in [6.07, 6.45) is -8.92. The Morgan fingerprint density at radius 2 is 0.872 bits per heavy atom. The Bertz CT molecular complexity index is 1470. The van der Waals surface area contributed by atoms with Crippen LogP contribution in [0.2, 0.25) is 0 Å². The quantitative estimate of drug-likeness (QED) is 0.0849. The van der Waals surface area contributed by atoms with Gasteiger partial charge in [0.15, 0.2) is 0 Å². The first-order chi connectivity index (χ1) is 20.6. The van der Waals surface area contributed by atoms with Crippen LogP contribution in [0.25, 0.3) is 0 Å². The van der Waals surface area contributed by atoms with Crippen LogP contribution in [0, 0.1) is 5.92 Å². The third kappa shape index (κ3) is 6.71. The molecular formula is C23H21F17IN3O3. The highest BCUT2D eigenvalue weighted by molar-refractivity contribution is 14.1. The Hall–Kier alpha value is -2.57. The van der Waals surface area contributed by atoms with Gasteiger partial charge < -0.3 is 0 Å². The van der Waals surface area contributed by atoms with Crippen molar-refractivity contribution in [3.05, 3.63) is 56.8 Å². The molecular weight excluding hydrogens is 816 g/mol. The Balaban J connectivity index is 3.88. The fraction of sp³-hybridized carbons (Fsp3) is 0.696. The molecule has 1 aromatic heterocycles. The van der Waals surface area contributed by atoms with Crippen LogP contribution in [0.5, 0.6) is 0 Å². The molecule has 1 rings (SSSR count). The average Bonchev–Trinajstić information content (AvgIpc) is 2.88. The number of alkyl halides is 18. The minimum atomic E-state index is -8.77. The summed E-state index contributed by atoms with van der Waals surface area (Å²) in [6.45, 7) is 5.25. The van der Waals surface area contributed by atoms with Gasteiger partial charge in [-0.15, -0.1) is 13.2 Å². The second-order valence-electron chi connectivity index (χ2n) is 10.4. The molecule has 6 nitrogen and oxygen atoms in total. The van der Waals surface area contributed by atoms with Crippen LogP contribution in [0.3, 0.4) is 0 Å². The van der Waals surface area contributed by atoms with E-state index in [9.17, 15) is 89.0 Å². The highest BCUT2D eigenvalue weighted by Crippen LogP contribution is 2.64. The monoisotopic (exact) mass is 837 g/mol. The maximum atomic E-state index is 14.9. The van der Waals surface area contributed by atoms with Gasteiger partial charge in [-0.25, -0.2) is 28.1 Å². The summed E-state index contributed by atoms with van der Waals surface area (Å²) in [6, 6.07) is 0. The first kappa shape index (κ1) is 42.5. The van der Waals surface area contributed by atoms with Crippen LogP contribution < -0.4 is 17.1 Å². The van der Waals surface area contributed by atoms with E-state index in [2.05, 4.69) is 13.2 Å². The number of hydrogen-bond donors (Lipinski definition) is 0. The first-order valence-electron chi connectivity index (χ1n) is 12.1. The molecule has 0 saturated heterocycles. The van der Waals surface area contributed by atoms with Gasteiger partial charge >= 0.3 is 64.7 Å². The second kappa shape index (κ2) is 12.7. The predicted molar refractivity (Wildman–Crippen MR) is 137 cm³/mol. The van der Waals surface area contributed by atoms with Crippen molar-refractivity contribution in [3.63, 3.8) is 0 Å². The maximum Gasteiger partial charge on any atom is 0.460 e. The smallest absolute Gasteiger partial charge is 0.247 e. The van der Waals surface area contributed by atoms with Crippen molar-refractivity contribution < 1.29 is 74.6 Å². The number of halogens is 18. The topological polar surface area (TPSA) is 66.0 Å². The molecule has 0 fully saturated rings. The molecule has 1 aromatic rings. The minimum Gasteiger partial charge on any atom is -0.247 e. The SMILES string of the molecule is C=CCn1c(=O)n(CC=C)c(=O)n(CC(CC(F)(F)C(F)(F)C(F)(F)C(F)(F)C(F)(F)C(F)(F)C(F)(F)C(F)(F)F)C(C)(C)I)c1=O. The van der Waals surface area contributed by atoms with E-state index >= 15 is 0 Å². The fourth-order valence-electron chi connectivity index (χ4n) is 3.79. The Morgan fingerprint density at radius 3 is 1.17 bits per heavy atom. The van der Waals surface area contributed by atoms with Crippen LogP contribution in [0.1, 0.15) is 20.3 Å². The molecule has 0 aromatic carbocycles. The Kier molecular flexibility index (Phi) is 11.5. The Morgan fingerprint density at radius 1 is 0.574 bits per heavy atom. The highest BCUT2D eigenvalue weighted by atomic mass is 127. The number of allylic oxidation sites excluding steroid dienone is 2. The lowest BCUT2D eigenvalue weighted by Crippen LogP contribution is -2.74. The fourth-order valence-corrected chi connectivity index (χ4v) is 4.21. The summed E-state index contributed by atoms with van der Waals surface area (Å²) in [5.74, 6) is -60.1. The summed E-state index contributed by atoms with van der Waals surface area (Å²) in [7, 11) is 0. The molecule has 0 aliphatic carbocycles. The van der Waals surface area contributed by atoms with Gasteiger partial charge in [-0.3, -0.25) is 0 Å². The van der Waals surface area contributed by atoms with E-state index in [0.717, 1.165) is 48.6 Å². The zero-order valence-electron chi connectivity index (χ0n) is 23.3. The molecule has 0 amide bonds. The van der Waals surface area contributed by atoms with Crippen LogP contribution in [-0.4, -0.2) is 64.8 Å². The van der Waals surface area contributed by atoms with E-state index in [1.165, 1.54) is 0 Å². The molecule has 0 bridgehead atoms. The molecule has 0 saturated carbocycles. The molecule has 1 unspecified atom stereocenters. The van der Waals surface area contributed by atoms with Gasteiger partial charge in [-0.2, -0.15) is 74.6 Å².